The fourth-order valence-corrected chi connectivity index (χ4v) is 3.69. The summed E-state index contributed by atoms with van der Waals surface area (Å²) in [5.74, 6) is 0.101. The Hall–Kier alpha value is -1.40. The van der Waals surface area contributed by atoms with E-state index in [1.165, 1.54) is 0 Å². The third-order valence-electron chi connectivity index (χ3n) is 4.97. The standard InChI is InChI=1S/C17H24ClN3O3/c1-3-12-13(15(22)24-4-2)14(21-16(18)20-12)19-11-5-7-17(8-6-11)9-23-10-17/h11H,3-10H2,1-2H3,(H,19,20,21). The van der Waals surface area contributed by atoms with Gasteiger partial charge in [0.2, 0.25) is 5.28 Å². The average molecular weight is 354 g/mol. The predicted octanol–water partition coefficient (Wildman–Crippen LogP) is 3.24. The first-order valence-corrected chi connectivity index (χ1v) is 9.02. The van der Waals surface area contributed by atoms with Crippen LogP contribution in [0.25, 0.3) is 0 Å². The van der Waals surface area contributed by atoms with E-state index in [4.69, 9.17) is 21.1 Å². The number of nitrogens with zero attached hydrogens (tertiary/aromatic N) is 2. The molecule has 1 aromatic rings. The molecule has 7 heteroatoms. The molecular weight excluding hydrogens is 330 g/mol. The summed E-state index contributed by atoms with van der Waals surface area (Å²) in [6.07, 6.45) is 4.94. The van der Waals surface area contributed by atoms with Crippen molar-refractivity contribution in [2.24, 2.45) is 5.41 Å². The van der Waals surface area contributed by atoms with Gasteiger partial charge >= 0.3 is 5.97 Å². The number of esters is 1. The monoisotopic (exact) mass is 353 g/mol. The van der Waals surface area contributed by atoms with Crippen molar-refractivity contribution in [3.8, 4) is 0 Å². The first-order chi connectivity index (χ1) is 11.6. The largest absolute Gasteiger partial charge is 0.462 e. The van der Waals surface area contributed by atoms with Crippen LogP contribution in [0.2, 0.25) is 5.28 Å². The average Bonchev–Trinajstić information content (AvgIpc) is 2.53. The molecule has 0 aromatic carbocycles. The van der Waals surface area contributed by atoms with Crippen molar-refractivity contribution < 1.29 is 14.3 Å². The van der Waals surface area contributed by atoms with Gasteiger partial charge in [0.05, 0.1) is 25.5 Å². The van der Waals surface area contributed by atoms with Crippen LogP contribution in [0, 0.1) is 5.41 Å². The third-order valence-corrected chi connectivity index (χ3v) is 5.14. The van der Waals surface area contributed by atoms with Crippen molar-refractivity contribution in [1.82, 2.24) is 9.97 Å². The van der Waals surface area contributed by atoms with Crippen molar-refractivity contribution in [1.29, 1.82) is 0 Å². The Morgan fingerprint density at radius 3 is 2.58 bits per heavy atom. The van der Waals surface area contributed by atoms with E-state index in [-0.39, 0.29) is 11.3 Å². The van der Waals surface area contributed by atoms with Gasteiger partial charge in [-0.3, -0.25) is 0 Å². The van der Waals surface area contributed by atoms with Gasteiger partial charge in [-0.05, 0) is 50.6 Å². The Bertz CT molecular complexity index is 609. The van der Waals surface area contributed by atoms with Crippen LogP contribution in [-0.4, -0.2) is 41.8 Å². The molecule has 1 N–H and O–H groups in total. The topological polar surface area (TPSA) is 73.3 Å². The Labute approximate surface area is 147 Å². The molecule has 3 rings (SSSR count). The number of nitrogens with one attached hydrogen (secondary N) is 1. The fourth-order valence-electron chi connectivity index (χ4n) is 3.50. The van der Waals surface area contributed by atoms with Crippen LogP contribution >= 0.6 is 11.6 Å². The molecule has 2 aliphatic rings. The molecule has 6 nitrogen and oxygen atoms in total. The Morgan fingerprint density at radius 2 is 2.04 bits per heavy atom. The zero-order chi connectivity index (χ0) is 17.2. The summed E-state index contributed by atoms with van der Waals surface area (Å²) in [6.45, 7) is 5.80. The van der Waals surface area contributed by atoms with Gasteiger partial charge in [0.1, 0.15) is 11.4 Å². The SMILES string of the molecule is CCOC(=O)c1c(CC)nc(Cl)nc1NC1CCC2(CC1)COC2. The van der Waals surface area contributed by atoms with E-state index in [1.54, 1.807) is 6.92 Å². The normalized spacial score (nSPS) is 19.8. The summed E-state index contributed by atoms with van der Waals surface area (Å²) >= 11 is 6.05. The molecule has 0 unspecified atom stereocenters. The molecule has 1 spiro atoms. The second-order valence-corrected chi connectivity index (χ2v) is 6.99. The second kappa shape index (κ2) is 7.23. The van der Waals surface area contributed by atoms with Crippen molar-refractivity contribution in [3.63, 3.8) is 0 Å². The lowest BCUT2D eigenvalue weighted by atomic mass is 9.71. The van der Waals surface area contributed by atoms with E-state index in [0.717, 1.165) is 38.9 Å². The summed E-state index contributed by atoms with van der Waals surface area (Å²) < 4.78 is 10.6. The lowest BCUT2D eigenvalue weighted by Crippen LogP contribution is -2.47. The molecule has 24 heavy (non-hydrogen) atoms. The van der Waals surface area contributed by atoms with Gasteiger partial charge < -0.3 is 14.8 Å². The summed E-state index contributed by atoms with van der Waals surface area (Å²) in [5, 5.41) is 3.57. The maximum absolute atomic E-state index is 12.4. The number of ether oxygens (including phenoxy) is 2. The molecule has 0 radical (unpaired) electrons. The van der Waals surface area contributed by atoms with E-state index in [0.29, 0.717) is 35.5 Å². The molecule has 1 saturated carbocycles. The fraction of sp³-hybridized carbons (Fsp3) is 0.706. The summed E-state index contributed by atoms with van der Waals surface area (Å²) in [5.41, 5.74) is 1.42. The zero-order valence-corrected chi connectivity index (χ0v) is 15.0. The molecule has 0 amide bonds. The van der Waals surface area contributed by atoms with E-state index < -0.39 is 5.97 Å². The molecule has 0 bridgehead atoms. The van der Waals surface area contributed by atoms with Crippen molar-refractivity contribution >= 4 is 23.4 Å². The number of anilines is 1. The molecule has 1 aliphatic heterocycles. The lowest BCUT2D eigenvalue weighted by Gasteiger charge is -2.46. The van der Waals surface area contributed by atoms with Crippen LogP contribution in [0.3, 0.4) is 0 Å². The van der Waals surface area contributed by atoms with Gasteiger partial charge in [-0.2, -0.15) is 4.98 Å². The number of aryl methyl sites for hydroxylation is 1. The minimum absolute atomic E-state index is 0.155. The number of aromatic nitrogens is 2. The van der Waals surface area contributed by atoms with Crippen LogP contribution in [0.1, 0.15) is 55.6 Å². The van der Waals surface area contributed by atoms with E-state index in [9.17, 15) is 4.79 Å². The number of hydrogen-bond acceptors (Lipinski definition) is 6. The minimum Gasteiger partial charge on any atom is -0.462 e. The van der Waals surface area contributed by atoms with E-state index in [1.807, 2.05) is 6.92 Å². The molecule has 1 saturated heterocycles. The molecule has 1 aromatic heterocycles. The highest BCUT2D eigenvalue weighted by atomic mass is 35.5. The summed E-state index contributed by atoms with van der Waals surface area (Å²) in [7, 11) is 0. The number of hydrogen-bond donors (Lipinski definition) is 1. The minimum atomic E-state index is -0.395. The van der Waals surface area contributed by atoms with Crippen LogP contribution in [-0.2, 0) is 15.9 Å². The molecule has 132 valence electrons. The van der Waals surface area contributed by atoms with Gasteiger partial charge in [0.15, 0.2) is 0 Å². The highest BCUT2D eigenvalue weighted by Crippen LogP contribution is 2.42. The second-order valence-electron chi connectivity index (χ2n) is 6.65. The number of carbonyl (C=O) groups is 1. The molecule has 2 fully saturated rings. The third kappa shape index (κ3) is 3.49. The quantitative estimate of drug-likeness (QED) is 0.647. The smallest absolute Gasteiger partial charge is 0.343 e. The molecular formula is C17H24ClN3O3. The van der Waals surface area contributed by atoms with Gasteiger partial charge in [0, 0.05) is 11.5 Å². The Morgan fingerprint density at radius 1 is 1.33 bits per heavy atom. The summed E-state index contributed by atoms with van der Waals surface area (Å²) in [6, 6.07) is 0.278. The summed E-state index contributed by atoms with van der Waals surface area (Å²) in [4.78, 5) is 20.8. The molecule has 1 aliphatic carbocycles. The number of rotatable bonds is 5. The first-order valence-electron chi connectivity index (χ1n) is 8.64. The zero-order valence-electron chi connectivity index (χ0n) is 14.2. The maximum atomic E-state index is 12.4. The Balaban J connectivity index is 1.78. The predicted molar refractivity (Wildman–Crippen MR) is 91.5 cm³/mol. The number of carbonyl (C=O) groups excluding carboxylic acids is 1. The maximum Gasteiger partial charge on any atom is 0.343 e. The molecule has 2 heterocycles. The molecule has 0 atom stereocenters. The number of halogens is 1. The van der Waals surface area contributed by atoms with Crippen LogP contribution in [0.15, 0.2) is 0 Å². The van der Waals surface area contributed by atoms with Crippen molar-refractivity contribution in [2.45, 2.75) is 52.0 Å². The van der Waals surface area contributed by atoms with Crippen LogP contribution < -0.4 is 5.32 Å². The highest BCUT2D eigenvalue weighted by Gasteiger charge is 2.41. The van der Waals surface area contributed by atoms with Gasteiger partial charge in [-0.25, -0.2) is 9.78 Å². The lowest BCUT2D eigenvalue weighted by molar-refractivity contribution is -0.131. The van der Waals surface area contributed by atoms with E-state index in [2.05, 4.69) is 15.3 Å². The van der Waals surface area contributed by atoms with Gasteiger partial charge in [0.25, 0.3) is 0 Å². The van der Waals surface area contributed by atoms with E-state index >= 15 is 0 Å². The van der Waals surface area contributed by atoms with Crippen molar-refractivity contribution in [2.75, 3.05) is 25.1 Å². The van der Waals surface area contributed by atoms with Gasteiger partial charge in [-0.15, -0.1) is 0 Å². The van der Waals surface area contributed by atoms with Crippen LogP contribution in [0.5, 0.6) is 0 Å². The van der Waals surface area contributed by atoms with Crippen LogP contribution in [0.4, 0.5) is 5.82 Å². The van der Waals surface area contributed by atoms with Crippen molar-refractivity contribution in [3.05, 3.63) is 16.5 Å². The highest BCUT2D eigenvalue weighted by molar-refractivity contribution is 6.28. The Kier molecular flexibility index (Phi) is 5.25. The van der Waals surface area contributed by atoms with Gasteiger partial charge in [-0.1, -0.05) is 6.92 Å². The first kappa shape index (κ1) is 17.4.